The molecule has 0 saturated heterocycles. The summed E-state index contributed by atoms with van der Waals surface area (Å²) in [7, 11) is 3.65. The fourth-order valence-electron chi connectivity index (χ4n) is 1.89. The third-order valence-electron chi connectivity index (χ3n) is 3.20. The van der Waals surface area contributed by atoms with Crippen LogP contribution < -0.4 is 5.32 Å². The monoisotopic (exact) mass is 308 g/mol. The number of aromatic amines is 1. The first-order chi connectivity index (χ1) is 9.61. The fraction of sp³-hybridized carbons (Fsp3) is 0.333. The highest BCUT2D eigenvalue weighted by Gasteiger charge is 2.14. The Hall–Kier alpha value is -1.85. The first-order valence-electron chi connectivity index (χ1n) is 6.64. The Labute approximate surface area is 131 Å². The van der Waals surface area contributed by atoms with Crippen molar-refractivity contribution in [2.24, 2.45) is 0 Å². The van der Waals surface area contributed by atoms with Gasteiger partial charge in [0.1, 0.15) is 5.69 Å². The van der Waals surface area contributed by atoms with Crippen molar-refractivity contribution < 1.29 is 4.79 Å². The lowest BCUT2D eigenvalue weighted by Crippen LogP contribution is -2.32. The van der Waals surface area contributed by atoms with E-state index >= 15 is 0 Å². The van der Waals surface area contributed by atoms with Gasteiger partial charge in [0.2, 0.25) is 0 Å². The molecule has 0 radical (unpaired) electrons. The van der Waals surface area contributed by atoms with Crippen LogP contribution in [0.25, 0.3) is 11.3 Å². The highest BCUT2D eigenvalue weighted by Crippen LogP contribution is 2.18. The Morgan fingerprint density at radius 3 is 2.62 bits per heavy atom. The molecule has 2 N–H and O–H groups in total. The molecule has 1 amide bonds. The van der Waals surface area contributed by atoms with Gasteiger partial charge in [-0.25, -0.2) is 0 Å². The third kappa shape index (κ3) is 4.31. The number of halogens is 1. The molecule has 21 heavy (non-hydrogen) atoms. The number of nitrogens with zero attached hydrogens (tertiary/aromatic N) is 2. The Morgan fingerprint density at radius 1 is 1.33 bits per heavy atom. The zero-order valence-corrected chi connectivity index (χ0v) is 13.3. The van der Waals surface area contributed by atoms with Gasteiger partial charge in [0.15, 0.2) is 0 Å². The molecule has 6 heteroatoms. The standard InChI is InChI=1S/C15H20N4O.ClH/c1-11-4-6-12(7-5-11)13-10-14(18-17-13)15(20)19(3)9-8-16-2;/h4-7,10,16H,8-9H2,1-3H3,(H,17,18);1H. The number of amides is 1. The molecule has 0 aliphatic heterocycles. The van der Waals surface area contributed by atoms with Gasteiger partial charge in [-0.15, -0.1) is 12.4 Å². The van der Waals surface area contributed by atoms with Crippen LogP contribution in [0.3, 0.4) is 0 Å². The maximum atomic E-state index is 12.2. The largest absolute Gasteiger partial charge is 0.339 e. The van der Waals surface area contributed by atoms with E-state index in [9.17, 15) is 4.79 Å². The van der Waals surface area contributed by atoms with Crippen LogP contribution in [-0.4, -0.2) is 48.2 Å². The molecule has 2 aromatic rings. The highest BCUT2D eigenvalue weighted by atomic mass is 35.5. The van der Waals surface area contributed by atoms with E-state index in [1.165, 1.54) is 5.56 Å². The molecule has 0 spiro atoms. The molecular formula is C15H21ClN4O. The lowest BCUT2D eigenvalue weighted by Gasteiger charge is -2.15. The summed E-state index contributed by atoms with van der Waals surface area (Å²) >= 11 is 0. The summed E-state index contributed by atoms with van der Waals surface area (Å²) in [5, 5.41) is 10.0. The van der Waals surface area contributed by atoms with Crippen LogP contribution in [0.5, 0.6) is 0 Å². The normalized spacial score (nSPS) is 10.0. The summed E-state index contributed by atoms with van der Waals surface area (Å²) in [4.78, 5) is 13.8. The number of carbonyl (C=O) groups is 1. The van der Waals surface area contributed by atoms with E-state index in [0.717, 1.165) is 17.8 Å². The molecule has 1 heterocycles. The van der Waals surface area contributed by atoms with Gasteiger partial charge < -0.3 is 10.2 Å². The first kappa shape index (κ1) is 17.2. The van der Waals surface area contributed by atoms with Crippen molar-refractivity contribution in [3.8, 4) is 11.3 Å². The van der Waals surface area contributed by atoms with E-state index < -0.39 is 0 Å². The summed E-state index contributed by atoms with van der Waals surface area (Å²) in [6.45, 7) is 3.47. The molecule has 0 unspecified atom stereocenters. The van der Waals surface area contributed by atoms with Crippen molar-refractivity contribution in [2.75, 3.05) is 27.2 Å². The summed E-state index contributed by atoms with van der Waals surface area (Å²) in [6, 6.07) is 9.87. The number of hydrogen-bond acceptors (Lipinski definition) is 3. The van der Waals surface area contributed by atoms with Crippen molar-refractivity contribution in [1.29, 1.82) is 0 Å². The number of rotatable bonds is 5. The van der Waals surface area contributed by atoms with E-state index in [0.29, 0.717) is 12.2 Å². The fourth-order valence-corrected chi connectivity index (χ4v) is 1.89. The number of likely N-dealkylation sites (N-methyl/N-ethyl adjacent to an activating group) is 2. The van der Waals surface area contributed by atoms with Gasteiger partial charge in [0, 0.05) is 25.7 Å². The molecule has 2 rings (SSSR count). The average molecular weight is 309 g/mol. The number of nitrogens with one attached hydrogen (secondary N) is 2. The second-order valence-electron chi connectivity index (χ2n) is 4.86. The van der Waals surface area contributed by atoms with Gasteiger partial charge in [-0.3, -0.25) is 9.89 Å². The van der Waals surface area contributed by atoms with Gasteiger partial charge in [0.25, 0.3) is 5.91 Å². The summed E-state index contributed by atoms with van der Waals surface area (Å²) in [5.41, 5.74) is 3.51. The molecule has 0 saturated carbocycles. The van der Waals surface area contributed by atoms with Gasteiger partial charge in [-0.2, -0.15) is 5.10 Å². The molecule has 0 fully saturated rings. The van der Waals surface area contributed by atoms with E-state index in [2.05, 4.69) is 15.5 Å². The number of aryl methyl sites for hydroxylation is 1. The number of benzene rings is 1. The smallest absolute Gasteiger partial charge is 0.271 e. The van der Waals surface area contributed by atoms with Crippen molar-refractivity contribution in [3.05, 3.63) is 41.6 Å². The predicted octanol–water partition coefficient (Wildman–Crippen LogP) is 2.10. The van der Waals surface area contributed by atoms with Crippen LogP contribution in [0, 0.1) is 6.92 Å². The number of carbonyl (C=O) groups excluding carboxylic acids is 1. The number of aromatic nitrogens is 2. The minimum absolute atomic E-state index is 0. The quantitative estimate of drug-likeness (QED) is 0.889. The van der Waals surface area contributed by atoms with Gasteiger partial charge in [-0.1, -0.05) is 29.8 Å². The lowest BCUT2D eigenvalue weighted by atomic mass is 10.1. The van der Waals surface area contributed by atoms with Crippen LogP contribution in [0.1, 0.15) is 16.1 Å². The zero-order chi connectivity index (χ0) is 14.5. The van der Waals surface area contributed by atoms with Crippen LogP contribution >= 0.6 is 12.4 Å². The molecule has 0 aliphatic rings. The highest BCUT2D eigenvalue weighted by molar-refractivity contribution is 5.93. The molecular weight excluding hydrogens is 288 g/mol. The van der Waals surface area contributed by atoms with Crippen LogP contribution in [-0.2, 0) is 0 Å². The maximum absolute atomic E-state index is 12.2. The van der Waals surface area contributed by atoms with Crippen LogP contribution in [0.4, 0.5) is 0 Å². The Morgan fingerprint density at radius 2 is 2.00 bits per heavy atom. The van der Waals surface area contributed by atoms with Crippen LogP contribution in [0.2, 0.25) is 0 Å². The molecule has 5 nitrogen and oxygen atoms in total. The SMILES string of the molecule is CNCCN(C)C(=O)c1cc(-c2ccc(C)cc2)n[nH]1.Cl. The van der Waals surface area contributed by atoms with E-state index in [1.807, 2.05) is 38.2 Å². The van der Waals surface area contributed by atoms with Crippen molar-refractivity contribution in [1.82, 2.24) is 20.4 Å². The van der Waals surface area contributed by atoms with Crippen LogP contribution in [0.15, 0.2) is 30.3 Å². The third-order valence-corrected chi connectivity index (χ3v) is 3.20. The molecule has 1 aromatic carbocycles. The first-order valence-corrected chi connectivity index (χ1v) is 6.64. The molecule has 114 valence electrons. The maximum Gasteiger partial charge on any atom is 0.271 e. The second kappa shape index (κ2) is 7.81. The number of hydrogen-bond donors (Lipinski definition) is 2. The van der Waals surface area contributed by atoms with E-state index in [1.54, 1.807) is 18.0 Å². The molecule has 1 aromatic heterocycles. The van der Waals surface area contributed by atoms with Crippen molar-refractivity contribution >= 4 is 18.3 Å². The zero-order valence-electron chi connectivity index (χ0n) is 12.5. The Balaban J connectivity index is 0.00000220. The minimum Gasteiger partial charge on any atom is -0.339 e. The van der Waals surface area contributed by atoms with Gasteiger partial charge >= 0.3 is 0 Å². The minimum atomic E-state index is -0.0499. The van der Waals surface area contributed by atoms with E-state index in [-0.39, 0.29) is 18.3 Å². The number of H-pyrrole nitrogens is 1. The summed E-state index contributed by atoms with van der Waals surface area (Å²) < 4.78 is 0. The topological polar surface area (TPSA) is 61.0 Å². The Kier molecular flexibility index (Phi) is 6.39. The Bertz CT molecular complexity index is 580. The predicted molar refractivity (Wildman–Crippen MR) is 86.9 cm³/mol. The summed E-state index contributed by atoms with van der Waals surface area (Å²) in [5.74, 6) is -0.0499. The average Bonchev–Trinajstić information content (AvgIpc) is 2.94. The second-order valence-corrected chi connectivity index (χ2v) is 4.86. The lowest BCUT2D eigenvalue weighted by molar-refractivity contribution is 0.0791. The summed E-state index contributed by atoms with van der Waals surface area (Å²) in [6.07, 6.45) is 0. The van der Waals surface area contributed by atoms with Crippen molar-refractivity contribution in [2.45, 2.75) is 6.92 Å². The van der Waals surface area contributed by atoms with E-state index in [4.69, 9.17) is 0 Å². The van der Waals surface area contributed by atoms with Gasteiger partial charge in [0.05, 0.1) is 5.69 Å². The molecule has 0 bridgehead atoms. The molecule has 0 aliphatic carbocycles. The molecule has 0 atom stereocenters. The van der Waals surface area contributed by atoms with Gasteiger partial charge in [-0.05, 0) is 20.0 Å². The van der Waals surface area contributed by atoms with Crippen molar-refractivity contribution in [3.63, 3.8) is 0 Å².